The van der Waals surface area contributed by atoms with Gasteiger partial charge in [0.15, 0.2) is 0 Å². The molecule has 0 unspecified atom stereocenters. The van der Waals surface area contributed by atoms with E-state index in [1.807, 2.05) is 53.1 Å². The summed E-state index contributed by atoms with van der Waals surface area (Å²) < 4.78 is 29.6. The Hall–Kier alpha value is -2.90. The number of nitrogens with zero attached hydrogens (tertiary/aromatic N) is 1. The number of hydrogen-bond donors (Lipinski definition) is 1. The summed E-state index contributed by atoms with van der Waals surface area (Å²) in [6.45, 7) is 0.715. The molecule has 1 N–H and O–H groups in total. The number of sulfonamides is 1. The van der Waals surface area contributed by atoms with E-state index in [1.54, 1.807) is 0 Å². The largest absolute Gasteiger partial charge is 0.307 e. The van der Waals surface area contributed by atoms with E-state index in [-0.39, 0.29) is 22.0 Å². The van der Waals surface area contributed by atoms with Crippen molar-refractivity contribution in [2.75, 3.05) is 6.54 Å². The maximum Gasteiger partial charge on any atom is 0.258 e. The number of hydrogen-bond acceptors (Lipinski definition) is 3. The predicted octanol–water partition coefficient (Wildman–Crippen LogP) is 6.37. The zero-order chi connectivity index (χ0) is 24.6. The van der Waals surface area contributed by atoms with Crippen molar-refractivity contribution in [1.29, 1.82) is 0 Å². The zero-order valence-electron chi connectivity index (χ0n) is 18.7. The van der Waals surface area contributed by atoms with Gasteiger partial charge in [0.1, 0.15) is 0 Å². The molecule has 0 fully saturated rings. The molecule has 0 aliphatic carbocycles. The average molecular weight is 525 g/mol. The van der Waals surface area contributed by atoms with Crippen molar-refractivity contribution in [3.05, 3.63) is 99.3 Å². The molecule has 4 aromatic carbocycles. The van der Waals surface area contributed by atoms with Gasteiger partial charge in [-0.2, -0.15) is 0 Å². The summed E-state index contributed by atoms with van der Waals surface area (Å²) in [6, 6.07) is 24.0. The first-order valence-corrected chi connectivity index (χ1v) is 13.5. The summed E-state index contributed by atoms with van der Waals surface area (Å²) in [7, 11) is -3.71. The summed E-state index contributed by atoms with van der Waals surface area (Å²) in [5.74, 6) is 0. The van der Waals surface area contributed by atoms with Crippen LogP contribution in [-0.4, -0.2) is 19.5 Å². The first-order chi connectivity index (χ1) is 16.9. The van der Waals surface area contributed by atoms with E-state index in [0.29, 0.717) is 29.8 Å². The Balaban J connectivity index is 1.41. The van der Waals surface area contributed by atoms with Gasteiger partial charge in [-0.05, 0) is 47.9 Å². The van der Waals surface area contributed by atoms with Crippen LogP contribution in [0.25, 0.3) is 32.4 Å². The van der Waals surface area contributed by atoms with E-state index in [0.717, 1.165) is 27.1 Å². The molecule has 0 amide bonds. The van der Waals surface area contributed by atoms with Crippen molar-refractivity contribution in [1.82, 2.24) is 9.29 Å². The molecule has 0 bridgehead atoms. The van der Waals surface area contributed by atoms with Gasteiger partial charge in [0.05, 0.1) is 20.5 Å². The van der Waals surface area contributed by atoms with E-state index >= 15 is 0 Å². The van der Waals surface area contributed by atoms with Gasteiger partial charge < -0.3 is 4.57 Å². The molecular weight excluding hydrogens is 503 g/mol. The first kappa shape index (κ1) is 23.8. The number of aromatic nitrogens is 1. The van der Waals surface area contributed by atoms with Gasteiger partial charge in [-0.15, -0.1) is 0 Å². The Labute approximate surface area is 213 Å². The van der Waals surface area contributed by atoms with Crippen molar-refractivity contribution in [2.45, 2.75) is 24.3 Å². The lowest BCUT2D eigenvalue weighted by molar-refractivity contribution is 0.567. The maximum absolute atomic E-state index is 13.5. The molecule has 0 aliphatic heterocycles. The van der Waals surface area contributed by atoms with Gasteiger partial charge in [-0.1, -0.05) is 77.8 Å². The van der Waals surface area contributed by atoms with Crippen LogP contribution in [0, 0.1) is 0 Å². The Morgan fingerprint density at radius 3 is 2.23 bits per heavy atom. The van der Waals surface area contributed by atoms with Crippen LogP contribution in [0.2, 0.25) is 10.0 Å². The van der Waals surface area contributed by atoms with Crippen LogP contribution < -0.4 is 10.3 Å². The monoisotopic (exact) mass is 524 g/mol. The quantitative estimate of drug-likeness (QED) is 0.198. The number of nitrogens with one attached hydrogen (secondary N) is 1. The van der Waals surface area contributed by atoms with Crippen LogP contribution in [-0.2, 0) is 16.6 Å². The summed E-state index contributed by atoms with van der Waals surface area (Å²) in [5, 5.41) is 5.21. The Morgan fingerprint density at radius 1 is 0.743 bits per heavy atom. The van der Waals surface area contributed by atoms with Crippen LogP contribution in [0.1, 0.15) is 12.8 Å². The molecule has 0 saturated heterocycles. The Kier molecular flexibility index (Phi) is 6.55. The number of benzene rings is 4. The molecule has 5 nitrogen and oxygen atoms in total. The number of pyridine rings is 1. The molecule has 0 spiro atoms. The highest BCUT2D eigenvalue weighted by Gasteiger charge is 2.16. The molecule has 1 heterocycles. The Bertz CT molecular complexity index is 1750. The van der Waals surface area contributed by atoms with Gasteiger partial charge in [0.25, 0.3) is 5.56 Å². The lowest BCUT2D eigenvalue weighted by atomic mass is 10.0. The van der Waals surface area contributed by atoms with Crippen molar-refractivity contribution in [3.8, 4) is 0 Å². The third-order valence-electron chi connectivity index (χ3n) is 6.17. The predicted molar refractivity (Wildman–Crippen MR) is 144 cm³/mol. The average Bonchev–Trinajstić information content (AvgIpc) is 2.86. The lowest BCUT2D eigenvalue weighted by Crippen LogP contribution is -2.26. The van der Waals surface area contributed by atoms with Gasteiger partial charge in [-0.25, -0.2) is 13.1 Å². The smallest absolute Gasteiger partial charge is 0.258 e. The van der Waals surface area contributed by atoms with Crippen LogP contribution in [0.5, 0.6) is 0 Å². The number of halogens is 2. The summed E-state index contributed by atoms with van der Waals surface area (Å²) in [6.07, 6.45) is 1.19. The van der Waals surface area contributed by atoms with Crippen LogP contribution in [0.15, 0.2) is 88.6 Å². The zero-order valence-corrected chi connectivity index (χ0v) is 21.0. The fourth-order valence-corrected chi connectivity index (χ4v) is 5.92. The molecule has 5 aromatic rings. The third-order valence-corrected chi connectivity index (χ3v) is 8.36. The molecule has 0 saturated carbocycles. The van der Waals surface area contributed by atoms with Gasteiger partial charge in [0.2, 0.25) is 10.0 Å². The van der Waals surface area contributed by atoms with Crippen molar-refractivity contribution >= 4 is 65.7 Å². The standard InChI is InChI=1S/C27H22Cl2N2O3S/c28-24-14-12-19(17-25(24)29)35(33,34)30-15-5-6-16-31-26-20-8-2-1-7-18(20)11-13-22(26)21-9-3-4-10-23(21)27(31)32/h1-4,7-14,17,30H,5-6,15-16H2. The molecule has 0 atom stereocenters. The van der Waals surface area contributed by atoms with E-state index in [2.05, 4.69) is 16.9 Å². The van der Waals surface area contributed by atoms with E-state index in [1.165, 1.54) is 18.2 Å². The van der Waals surface area contributed by atoms with Crippen LogP contribution in [0.4, 0.5) is 0 Å². The van der Waals surface area contributed by atoms with Crippen molar-refractivity contribution in [2.24, 2.45) is 0 Å². The molecule has 5 rings (SSSR count). The normalized spacial score (nSPS) is 12.1. The minimum absolute atomic E-state index is 0.0409. The lowest BCUT2D eigenvalue weighted by Gasteiger charge is -2.15. The van der Waals surface area contributed by atoms with Crippen molar-refractivity contribution in [3.63, 3.8) is 0 Å². The molecular formula is C27H22Cl2N2O3S. The fourth-order valence-electron chi connectivity index (χ4n) is 4.46. The van der Waals surface area contributed by atoms with Crippen LogP contribution >= 0.6 is 23.2 Å². The second kappa shape index (κ2) is 9.63. The molecule has 1 aromatic heterocycles. The molecule has 0 radical (unpaired) electrons. The number of unbranched alkanes of at least 4 members (excludes halogenated alkanes) is 1. The van der Waals surface area contributed by atoms with Crippen molar-refractivity contribution < 1.29 is 8.42 Å². The molecule has 0 aliphatic rings. The molecule has 35 heavy (non-hydrogen) atoms. The SMILES string of the molecule is O=c1c2ccccc2c2ccc3ccccc3c2n1CCCCNS(=O)(=O)c1ccc(Cl)c(Cl)c1. The molecule has 8 heteroatoms. The number of aryl methyl sites for hydroxylation is 1. The van der Waals surface area contributed by atoms with Gasteiger partial charge in [-0.3, -0.25) is 4.79 Å². The highest BCUT2D eigenvalue weighted by atomic mass is 35.5. The minimum atomic E-state index is -3.71. The van der Waals surface area contributed by atoms with Crippen LogP contribution in [0.3, 0.4) is 0 Å². The van der Waals surface area contributed by atoms with E-state index in [9.17, 15) is 13.2 Å². The summed E-state index contributed by atoms with van der Waals surface area (Å²) in [5.41, 5.74) is 0.865. The van der Waals surface area contributed by atoms with Gasteiger partial charge in [0, 0.05) is 29.2 Å². The molecule has 178 valence electrons. The maximum atomic E-state index is 13.5. The van der Waals surface area contributed by atoms with Gasteiger partial charge >= 0.3 is 0 Å². The van der Waals surface area contributed by atoms with E-state index < -0.39 is 10.0 Å². The second-order valence-electron chi connectivity index (χ2n) is 8.37. The van der Waals surface area contributed by atoms with E-state index in [4.69, 9.17) is 23.2 Å². The minimum Gasteiger partial charge on any atom is -0.307 e. The third kappa shape index (κ3) is 4.55. The summed E-state index contributed by atoms with van der Waals surface area (Å²) in [4.78, 5) is 13.5. The highest BCUT2D eigenvalue weighted by Crippen LogP contribution is 2.30. The number of fused-ring (bicyclic) bond motifs is 5. The second-order valence-corrected chi connectivity index (χ2v) is 10.9. The summed E-state index contributed by atoms with van der Waals surface area (Å²) >= 11 is 11.8. The number of rotatable bonds is 7. The topological polar surface area (TPSA) is 68.2 Å². The Morgan fingerprint density at radius 2 is 1.46 bits per heavy atom. The first-order valence-electron chi connectivity index (χ1n) is 11.2. The highest BCUT2D eigenvalue weighted by molar-refractivity contribution is 7.89. The fraction of sp³-hybridized carbons (Fsp3) is 0.148.